The molecule has 3 aromatic rings. The Bertz CT molecular complexity index is 1190. The van der Waals surface area contributed by atoms with Crippen LogP contribution in [0.4, 0.5) is 0 Å². The van der Waals surface area contributed by atoms with Gasteiger partial charge in [0, 0.05) is 38.3 Å². The summed E-state index contributed by atoms with van der Waals surface area (Å²) >= 11 is 0. The highest BCUT2D eigenvalue weighted by atomic mass is 16.5. The van der Waals surface area contributed by atoms with E-state index in [0.29, 0.717) is 6.54 Å². The third kappa shape index (κ3) is 5.79. The normalized spacial score (nSPS) is 16.5. The third-order valence-corrected chi connectivity index (χ3v) is 6.76. The van der Waals surface area contributed by atoms with E-state index in [4.69, 9.17) is 4.74 Å². The second-order valence-electron chi connectivity index (χ2n) is 10.9. The molecular weight excluding hydrogens is 442 g/mol. The van der Waals surface area contributed by atoms with Crippen LogP contribution in [0.15, 0.2) is 29.1 Å². The Labute approximate surface area is 207 Å². The molecule has 1 saturated heterocycles. The average Bonchev–Trinajstić information content (AvgIpc) is 3.29. The van der Waals surface area contributed by atoms with Crippen LogP contribution >= 0.6 is 0 Å². The molecule has 1 aliphatic heterocycles. The second-order valence-corrected chi connectivity index (χ2v) is 10.9. The van der Waals surface area contributed by atoms with Crippen molar-refractivity contribution < 1.29 is 4.74 Å². The molecule has 0 radical (unpaired) electrons. The van der Waals surface area contributed by atoms with Crippen LogP contribution in [0.25, 0.3) is 10.9 Å². The predicted molar refractivity (Wildman–Crippen MR) is 137 cm³/mol. The molecule has 0 spiro atoms. The van der Waals surface area contributed by atoms with E-state index in [1.807, 2.05) is 29.8 Å². The van der Waals surface area contributed by atoms with Crippen molar-refractivity contribution in [3.63, 3.8) is 0 Å². The first-order chi connectivity index (χ1) is 16.6. The van der Waals surface area contributed by atoms with Crippen LogP contribution in [-0.2, 0) is 16.8 Å². The molecule has 1 atom stereocenters. The van der Waals surface area contributed by atoms with E-state index in [9.17, 15) is 4.79 Å². The monoisotopic (exact) mass is 481 g/mol. The molecule has 9 nitrogen and oxygen atoms in total. The number of nitrogens with zero attached hydrogens (tertiary/aromatic N) is 6. The Kier molecular flexibility index (Phi) is 7.68. The predicted octanol–water partition coefficient (Wildman–Crippen LogP) is 3.11. The number of hydrogen-bond donors (Lipinski definition) is 1. The standard InChI is InChI=1S/C26H39N7O2/c1-18(2)23(24-28-29-30-33(24)26(4,5)6)32(11-10-31-12-14-35-15-13-31)17-21-16-20-9-7-8-19(3)22(20)27-25(21)34/h7-9,16,18,23H,10-15,17H2,1-6H3,(H,27,34)/t23-/m1/s1. The number of pyridine rings is 1. The molecule has 1 aromatic carbocycles. The lowest BCUT2D eigenvalue weighted by atomic mass is 9.99. The molecule has 0 unspecified atom stereocenters. The summed E-state index contributed by atoms with van der Waals surface area (Å²) in [5.41, 5.74) is 2.43. The Morgan fingerprint density at radius 3 is 2.63 bits per heavy atom. The molecule has 0 amide bonds. The van der Waals surface area contributed by atoms with Crippen LogP contribution in [-0.4, -0.2) is 74.4 Å². The van der Waals surface area contributed by atoms with Gasteiger partial charge in [-0.15, -0.1) is 5.10 Å². The molecule has 3 heterocycles. The number of ether oxygens (including phenoxy) is 1. The summed E-state index contributed by atoms with van der Waals surface area (Å²) in [6.07, 6.45) is 0. The van der Waals surface area contributed by atoms with Crippen molar-refractivity contribution >= 4 is 10.9 Å². The van der Waals surface area contributed by atoms with E-state index in [-0.39, 0.29) is 23.1 Å². The van der Waals surface area contributed by atoms with Gasteiger partial charge in [0.15, 0.2) is 5.82 Å². The maximum Gasteiger partial charge on any atom is 0.252 e. The number of fused-ring (bicyclic) bond motifs is 1. The lowest BCUT2D eigenvalue weighted by Crippen LogP contribution is -2.44. The highest BCUT2D eigenvalue weighted by Crippen LogP contribution is 2.31. The Morgan fingerprint density at radius 2 is 1.94 bits per heavy atom. The third-order valence-electron chi connectivity index (χ3n) is 6.76. The minimum atomic E-state index is -0.250. The first kappa shape index (κ1) is 25.5. The van der Waals surface area contributed by atoms with Crippen molar-refractivity contribution in [2.45, 2.75) is 59.7 Å². The van der Waals surface area contributed by atoms with Gasteiger partial charge in [-0.25, -0.2) is 4.68 Å². The number of aryl methyl sites for hydroxylation is 1. The van der Waals surface area contributed by atoms with E-state index < -0.39 is 0 Å². The largest absolute Gasteiger partial charge is 0.379 e. The summed E-state index contributed by atoms with van der Waals surface area (Å²) in [6.45, 7) is 18.3. The molecule has 35 heavy (non-hydrogen) atoms. The first-order valence-electron chi connectivity index (χ1n) is 12.6. The van der Waals surface area contributed by atoms with Gasteiger partial charge in [0.2, 0.25) is 0 Å². The van der Waals surface area contributed by atoms with Crippen LogP contribution in [0.1, 0.15) is 57.6 Å². The summed E-state index contributed by atoms with van der Waals surface area (Å²) in [4.78, 5) is 21.1. The summed E-state index contributed by atoms with van der Waals surface area (Å²) < 4.78 is 7.46. The van der Waals surface area contributed by atoms with Crippen molar-refractivity contribution in [1.29, 1.82) is 0 Å². The zero-order chi connectivity index (χ0) is 25.2. The van der Waals surface area contributed by atoms with E-state index in [0.717, 1.165) is 67.2 Å². The molecular formula is C26H39N7O2. The molecule has 9 heteroatoms. The number of H-pyrrole nitrogens is 1. The molecule has 2 aromatic heterocycles. The molecule has 190 valence electrons. The van der Waals surface area contributed by atoms with Crippen molar-refractivity contribution in [2.75, 3.05) is 39.4 Å². The minimum absolute atomic E-state index is 0.0407. The molecule has 0 bridgehead atoms. The Morgan fingerprint density at radius 1 is 1.20 bits per heavy atom. The molecule has 0 saturated carbocycles. The quantitative estimate of drug-likeness (QED) is 0.528. The molecule has 1 fully saturated rings. The van der Waals surface area contributed by atoms with Crippen LogP contribution in [0.2, 0.25) is 0 Å². The van der Waals surface area contributed by atoms with Crippen molar-refractivity contribution in [3.05, 3.63) is 51.6 Å². The number of aromatic amines is 1. The number of benzene rings is 1. The van der Waals surface area contributed by atoms with Crippen molar-refractivity contribution in [3.8, 4) is 0 Å². The number of tetrazole rings is 1. The van der Waals surface area contributed by atoms with Gasteiger partial charge in [0.25, 0.3) is 5.56 Å². The first-order valence-corrected chi connectivity index (χ1v) is 12.6. The number of morpholine rings is 1. The van der Waals surface area contributed by atoms with E-state index in [1.54, 1.807) is 0 Å². The molecule has 4 rings (SSSR count). The lowest BCUT2D eigenvalue weighted by molar-refractivity contribution is 0.0265. The zero-order valence-corrected chi connectivity index (χ0v) is 21.9. The summed E-state index contributed by atoms with van der Waals surface area (Å²) in [5, 5.41) is 13.9. The highest BCUT2D eigenvalue weighted by molar-refractivity contribution is 5.81. The summed E-state index contributed by atoms with van der Waals surface area (Å²) in [6, 6.07) is 8.10. The van der Waals surface area contributed by atoms with Gasteiger partial charge in [0.1, 0.15) is 0 Å². The van der Waals surface area contributed by atoms with E-state index >= 15 is 0 Å². The fourth-order valence-corrected chi connectivity index (χ4v) is 4.92. The van der Waals surface area contributed by atoms with Crippen LogP contribution in [0.5, 0.6) is 0 Å². The van der Waals surface area contributed by atoms with Crippen LogP contribution < -0.4 is 5.56 Å². The fraction of sp³-hybridized carbons (Fsp3) is 0.615. The molecule has 0 aliphatic carbocycles. The number of nitrogens with one attached hydrogen (secondary N) is 1. The lowest BCUT2D eigenvalue weighted by Gasteiger charge is -2.37. The molecule has 1 N–H and O–H groups in total. The number of aromatic nitrogens is 5. The second kappa shape index (κ2) is 10.6. The maximum absolute atomic E-state index is 13.2. The number of para-hydroxylation sites is 1. The molecule has 1 aliphatic rings. The maximum atomic E-state index is 13.2. The van der Waals surface area contributed by atoms with Gasteiger partial charge in [-0.1, -0.05) is 32.0 Å². The van der Waals surface area contributed by atoms with Gasteiger partial charge in [-0.05, 0) is 61.1 Å². The van der Waals surface area contributed by atoms with Gasteiger partial charge < -0.3 is 9.72 Å². The average molecular weight is 482 g/mol. The minimum Gasteiger partial charge on any atom is -0.379 e. The van der Waals surface area contributed by atoms with Gasteiger partial charge in [0.05, 0.1) is 30.3 Å². The van der Waals surface area contributed by atoms with Crippen LogP contribution in [0.3, 0.4) is 0 Å². The van der Waals surface area contributed by atoms with E-state index in [2.05, 4.69) is 71.0 Å². The summed E-state index contributed by atoms with van der Waals surface area (Å²) in [7, 11) is 0. The van der Waals surface area contributed by atoms with Crippen molar-refractivity contribution in [2.24, 2.45) is 5.92 Å². The smallest absolute Gasteiger partial charge is 0.252 e. The SMILES string of the molecule is Cc1cccc2cc(CN(CCN3CCOCC3)[C@@H](c3nnnn3C(C)(C)C)C(C)C)c(=O)[nH]c12. The van der Waals surface area contributed by atoms with Gasteiger partial charge >= 0.3 is 0 Å². The fourth-order valence-electron chi connectivity index (χ4n) is 4.92. The van der Waals surface area contributed by atoms with Gasteiger partial charge in [-0.2, -0.15) is 0 Å². The van der Waals surface area contributed by atoms with Crippen LogP contribution in [0, 0.1) is 12.8 Å². The zero-order valence-electron chi connectivity index (χ0n) is 21.9. The topological polar surface area (TPSA) is 92.2 Å². The number of hydrogen-bond acceptors (Lipinski definition) is 7. The number of rotatable bonds is 8. The Hall–Kier alpha value is -2.62. The van der Waals surface area contributed by atoms with Gasteiger partial charge in [-0.3, -0.25) is 14.6 Å². The summed E-state index contributed by atoms with van der Waals surface area (Å²) in [5.74, 6) is 1.08. The highest BCUT2D eigenvalue weighted by Gasteiger charge is 2.33. The van der Waals surface area contributed by atoms with E-state index in [1.165, 1.54) is 0 Å². The Balaban J connectivity index is 1.71. The van der Waals surface area contributed by atoms with Crippen molar-refractivity contribution in [1.82, 2.24) is 35.0 Å².